The van der Waals surface area contributed by atoms with Gasteiger partial charge in [-0.25, -0.2) is 4.79 Å². The largest absolute Gasteiger partial charge is 0.435 e. The van der Waals surface area contributed by atoms with Crippen LogP contribution in [0.25, 0.3) is 0 Å². The quantitative estimate of drug-likeness (QED) is 0.656. The van der Waals surface area contributed by atoms with Gasteiger partial charge in [0.2, 0.25) is 0 Å². The molecule has 1 aromatic carbocycles. The lowest BCUT2D eigenvalue weighted by Gasteiger charge is -2.21. The van der Waals surface area contributed by atoms with Crippen LogP contribution in [0.2, 0.25) is 0 Å². The Labute approximate surface area is 147 Å². The van der Waals surface area contributed by atoms with Gasteiger partial charge in [-0.15, -0.1) is 5.01 Å². The molecule has 1 N–H and O–H groups in total. The number of pyridine rings is 1. The van der Waals surface area contributed by atoms with E-state index in [1.807, 2.05) is 0 Å². The number of aromatic nitrogens is 1. The number of hydrazone groups is 1. The molecule has 0 spiro atoms. The van der Waals surface area contributed by atoms with Gasteiger partial charge in [0.25, 0.3) is 5.91 Å². The summed E-state index contributed by atoms with van der Waals surface area (Å²) in [6, 6.07) is 8.13. The monoisotopic (exact) mass is 360 g/mol. The number of imide groups is 1. The minimum atomic E-state index is -2.94. The molecule has 1 aliphatic rings. The summed E-state index contributed by atoms with van der Waals surface area (Å²) in [5, 5.41) is 7.22. The molecule has 0 radical (unpaired) electrons. The molecule has 26 heavy (non-hydrogen) atoms. The number of rotatable bonds is 5. The topological polar surface area (TPSA) is 83.9 Å². The van der Waals surface area contributed by atoms with E-state index in [0.717, 1.165) is 5.01 Å². The summed E-state index contributed by atoms with van der Waals surface area (Å²) in [6.45, 7) is -1.43. The molecule has 3 amide bonds. The molecule has 9 heteroatoms. The molecule has 2 aromatic rings. The number of hydrogen-bond donors (Lipinski definition) is 1. The fraction of sp³-hybridized carbons (Fsp3) is 0.176. The lowest BCUT2D eigenvalue weighted by Crippen LogP contribution is -2.40. The molecule has 0 saturated carbocycles. The smallest absolute Gasteiger partial charge is 0.387 e. The molecule has 1 saturated heterocycles. The van der Waals surface area contributed by atoms with Crippen molar-refractivity contribution in [2.24, 2.45) is 5.10 Å². The number of nitrogens with one attached hydrogen (secondary N) is 1. The molecule has 1 aromatic heterocycles. The van der Waals surface area contributed by atoms with E-state index in [9.17, 15) is 18.4 Å². The number of alkyl halides is 2. The van der Waals surface area contributed by atoms with Crippen molar-refractivity contribution in [3.05, 3.63) is 59.9 Å². The van der Waals surface area contributed by atoms with Crippen molar-refractivity contribution in [1.82, 2.24) is 15.3 Å². The van der Waals surface area contributed by atoms with Crippen molar-refractivity contribution in [1.29, 1.82) is 0 Å². The Kier molecular flexibility index (Phi) is 4.61. The zero-order valence-electron chi connectivity index (χ0n) is 13.6. The standard InChI is InChI=1S/C17H14F2N4O3/c1-17(12-2-4-13(5-3-12)26-15(18)19)14(24)23(16(25)22-17)21-10-11-6-8-20-9-7-11/h2-10,15H,1H3,(H,22,25). The summed E-state index contributed by atoms with van der Waals surface area (Å²) in [7, 11) is 0. The van der Waals surface area contributed by atoms with Gasteiger partial charge < -0.3 is 10.1 Å². The number of carbonyl (C=O) groups excluding carboxylic acids is 2. The Morgan fingerprint density at radius 1 is 1.19 bits per heavy atom. The first-order valence-corrected chi connectivity index (χ1v) is 7.56. The summed E-state index contributed by atoms with van der Waals surface area (Å²) >= 11 is 0. The molecular weight excluding hydrogens is 346 g/mol. The van der Waals surface area contributed by atoms with Crippen LogP contribution in [-0.2, 0) is 10.3 Å². The summed E-state index contributed by atoms with van der Waals surface area (Å²) < 4.78 is 28.7. The van der Waals surface area contributed by atoms with Crippen LogP contribution in [0.3, 0.4) is 0 Å². The van der Waals surface area contributed by atoms with Crippen LogP contribution < -0.4 is 10.1 Å². The maximum Gasteiger partial charge on any atom is 0.387 e. The highest BCUT2D eigenvalue weighted by Gasteiger charge is 2.49. The van der Waals surface area contributed by atoms with Gasteiger partial charge in [0, 0.05) is 12.4 Å². The van der Waals surface area contributed by atoms with Crippen molar-refractivity contribution in [3.8, 4) is 5.75 Å². The van der Waals surface area contributed by atoms with Crippen molar-refractivity contribution in [3.63, 3.8) is 0 Å². The van der Waals surface area contributed by atoms with E-state index >= 15 is 0 Å². The minimum absolute atomic E-state index is 0.0447. The maximum atomic E-state index is 12.7. The van der Waals surface area contributed by atoms with Crippen LogP contribution in [0, 0.1) is 0 Å². The third kappa shape index (κ3) is 3.37. The fourth-order valence-electron chi connectivity index (χ4n) is 2.47. The second-order valence-corrected chi connectivity index (χ2v) is 5.60. The number of amides is 3. The third-order valence-electron chi connectivity index (χ3n) is 3.85. The van der Waals surface area contributed by atoms with Gasteiger partial charge in [0.15, 0.2) is 0 Å². The molecule has 7 nitrogen and oxygen atoms in total. The number of benzene rings is 1. The molecule has 3 rings (SSSR count). The Morgan fingerprint density at radius 3 is 2.46 bits per heavy atom. The van der Waals surface area contributed by atoms with E-state index in [1.54, 1.807) is 24.5 Å². The zero-order valence-corrected chi connectivity index (χ0v) is 13.6. The van der Waals surface area contributed by atoms with Gasteiger partial charge in [-0.05, 0) is 42.3 Å². The number of urea groups is 1. The number of hydrogen-bond acceptors (Lipinski definition) is 5. The SMILES string of the molecule is CC1(c2ccc(OC(F)F)cc2)NC(=O)N(N=Cc2ccncc2)C1=O. The van der Waals surface area contributed by atoms with Gasteiger partial charge in [0.1, 0.15) is 11.3 Å². The van der Waals surface area contributed by atoms with Crippen molar-refractivity contribution in [2.75, 3.05) is 0 Å². The summed E-state index contributed by atoms with van der Waals surface area (Å²) in [5.74, 6) is -0.632. The first kappa shape index (κ1) is 17.5. The number of ether oxygens (including phenoxy) is 1. The highest BCUT2D eigenvalue weighted by molar-refractivity contribution is 6.07. The Hall–Kier alpha value is -3.36. The van der Waals surface area contributed by atoms with Crippen LogP contribution in [0.4, 0.5) is 13.6 Å². The summed E-state index contributed by atoms with van der Waals surface area (Å²) in [6.07, 6.45) is 4.48. The maximum absolute atomic E-state index is 12.7. The number of carbonyl (C=O) groups is 2. The van der Waals surface area contributed by atoms with E-state index in [1.165, 1.54) is 37.4 Å². The van der Waals surface area contributed by atoms with Crippen molar-refractivity contribution in [2.45, 2.75) is 19.1 Å². The van der Waals surface area contributed by atoms with E-state index in [-0.39, 0.29) is 5.75 Å². The molecule has 1 unspecified atom stereocenters. The molecule has 0 aliphatic carbocycles. The van der Waals surface area contributed by atoms with Crippen molar-refractivity contribution < 1.29 is 23.1 Å². The van der Waals surface area contributed by atoms with Crippen LogP contribution in [0.15, 0.2) is 53.9 Å². The zero-order chi connectivity index (χ0) is 18.7. The van der Waals surface area contributed by atoms with Crippen LogP contribution in [0.1, 0.15) is 18.1 Å². The average Bonchev–Trinajstić information content (AvgIpc) is 2.84. The predicted octanol–water partition coefficient (Wildman–Crippen LogP) is 2.48. The average molecular weight is 360 g/mol. The molecule has 1 atom stereocenters. The summed E-state index contributed by atoms with van der Waals surface area (Å²) in [5.41, 5.74) is -0.280. The van der Waals surface area contributed by atoms with Gasteiger partial charge in [0.05, 0.1) is 6.21 Å². The molecule has 134 valence electrons. The van der Waals surface area contributed by atoms with Gasteiger partial charge >= 0.3 is 12.6 Å². The third-order valence-corrected chi connectivity index (χ3v) is 3.85. The lowest BCUT2D eigenvalue weighted by atomic mass is 9.92. The van der Waals surface area contributed by atoms with Gasteiger partial charge in [-0.2, -0.15) is 13.9 Å². The minimum Gasteiger partial charge on any atom is -0.435 e. The molecule has 2 heterocycles. The first-order chi connectivity index (χ1) is 12.4. The second kappa shape index (κ2) is 6.87. The van der Waals surface area contributed by atoms with E-state index < -0.39 is 24.1 Å². The fourth-order valence-corrected chi connectivity index (χ4v) is 2.47. The number of nitrogens with zero attached hydrogens (tertiary/aromatic N) is 3. The van der Waals surface area contributed by atoms with Gasteiger partial charge in [-0.3, -0.25) is 9.78 Å². The van der Waals surface area contributed by atoms with Crippen LogP contribution in [0.5, 0.6) is 5.75 Å². The molecular formula is C17H14F2N4O3. The highest BCUT2D eigenvalue weighted by Crippen LogP contribution is 2.30. The lowest BCUT2D eigenvalue weighted by molar-refractivity contribution is -0.131. The van der Waals surface area contributed by atoms with Crippen LogP contribution >= 0.6 is 0 Å². The second-order valence-electron chi connectivity index (χ2n) is 5.60. The normalized spacial score (nSPS) is 20.1. The summed E-state index contributed by atoms with van der Waals surface area (Å²) in [4.78, 5) is 28.7. The van der Waals surface area contributed by atoms with E-state index in [4.69, 9.17) is 0 Å². The van der Waals surface area contributed by atoms with E-state index in [0.29, 0.717) is 11.1 Å². The first-order valence-electron chi connectivity index (χ1n) is 7.56. The molecule has 1 fully saturated rings. The molecule has 0 bridgehead atoms. The Morgan fingerprint density at radius 2 is 1.85 bits per heavy atom. The predicted molar refractivity (Wildman–Crippen MR) is 87.6 cm³/mol. The molecule has 1 aliphatic heterocycles. The number of halogens is 2. The van der Waals surface area contributed by atoms with Crippen LogP contribution in [-0.4, -0.2) is 34.8 Å². The van der Waals surface area contributed by atoms with Gasteiger partial charge in [-0.1, -0.05) is 12.1 Å². The van der Waals surface area contributed by atoms with E-state index in [2.05, 4.69) is 20.1 Å². The van der Waals surface area contributed by atoms with Crippen molar-refractivity contribution >= 4 is 18.2 Å². The highest BCUT2D eigenvalue weighted by atomic mass is 19.3. The Bertz CT molecular complexity index is 843. The Balaban J connectivity index is 1.81.